The van der Waals surface area contributed by atoms with Crippen LogP contribution in [0.25, 0.3) is 0 Å². The number of hydrogen-bond donors (Lipinski definition) is 0. The predicted octanol–water partition coefficient (Wildman–Crippen LogP) is 4.81. The minimum atomic E-state index is 0.312. The summed E-state index contributed by atoms with van der Waals surface area (Å²) in [7, 11) is 0. The molecule has 116 valence electrons. The monoisotopic (exact) mass is 296 g/mol. The molecule has 1 unspecified atom stereocenters. The first kappa shape index (κ1) is 16.3. The van der Waals surface area contributed by atoms with Gasteiger partial charge in [-0.1, -0.05) is 62.7 Å². The van der Waals surface area contributed by atoms with Crippen molar-refractivity contribution < 1.29 is 9.53 Å². The smallest absolute Gasteiger partial charge is 0.137 e. The molecule has 0 N–H and O–H groups in total. The van der Waals surface area contributed by atoms with Crippen LogP contribution in [0.1, 0.15) is 37.8 Å². The Kier molecular flexibility index (Phi) is 6.20. The van der Waals surface area contributed by atoms with E-state index in [2.05, 4.69) is 13.8 Å². The van der Waals surface area contributed by atoms with E-state index in [4.69, 9.17) is 4.74 Å². The van der Waals surface area contributed by atoms with Crippen molar-refractivity contribution in [2.75, 3.05) is 0 Å². The van der Waals surface area contributed by atoms with E-state index in [0.717, 1.165) is 23.3 Å². The molecule has 0 fully saturated rings. The number of hydrogen-bond acceptors (Lipinski definition) is 2. The van der Waals surface area contributed by atoms with E-state index in [1.165, 1.54) is 0 Å². The zero-order valence-corrected chi connectivity index (χ0v) is 13.4. The van der Waals surface area contributed by atoms with Crippen LogP contribution in [0.4, 0.5) is 0 Å². The number of benzene rings is 2. The van der Waals surface area contributed by atoms with Crippen LogP contribution in [0.5, 0.6) is 5.75 Å². The van der Waals surface area contributed by atoms with Crippen LogP contribution in [0, 0.1) is 5.92 Å². The molecular formula is C20H24O2. The summed E-state index contributed by atoms with van der Waals surface area (Å²) in [6.45, 7) is 4.81. The molecule has 2 aromatic rings. The fourth-order valence-corrected chi connectivity index (χ4v) is 2.28. The lowest BCUT2D eigenvalue weighted by Gasteiger charge is -2.09. The molecular weight excluding hydrogens is 272 g/mol. The molecule has 2 heteroatoms. The van der Waals surface area contributed by atoms with Gasteiger partial charge in [-0.2, -0.15) is 0 Å². The van der Waals surface area contributed by atoms with E-state index < -0.39 is 0 Å². The average Bonchev–Trinajstić information content (AvgIpc) is 2.55. The summed E-state index contributed by atoms with van der Waals surface area (Å²) in [5.74, 6) is 1.62. The van der Waals surface area contributed by atoms with E-state index >= 15 is 0 Å². The molecule has 0 saturated heterocycles. The molecule has 1 atom stereocenters. The number of carbonyl (C=O) groups excluding carboxylic acids is 1. The fraction of sp³-hybridized carbons (Fsp3) is 0.350. The number of ketones is 1. The Morgan fingerprint density at radius 1 is 1.00 bits per heavy atom. The zero-order chi connectivity index (χ0) is 15.8. The van der Waals surface area contributed by atoms with Gasteiger partial charge >= 0.3 is 0 Å². The van der Waals surface area contributed by atoms with Crippen molar-refractivity contribution in [2.24, 2.45) is 5.92 Å². The third-order valence-electron chi connectivity index (χ3n) is 3.85. The molecule has 22 heavy (non-hydrogen) atoms. The first-order valence-corrected chi connectivity index (χ1v) is 7.94. The zero-order valence-electron chi connectivity index (χ0n) is 13.4. The second-order valence-electron chi connectivity index (χ2n) is 5.85. The number of Topliss-reactive ketones (excluding diaryl/α,β-unsaturated/α-hetero) is 1. The summed E-state index contributed by atoms with van der Waals surface area (Å²) in [4.78, 5) is 11.9. The lowest BCUT2D eigenvalue weighted by molar-refractivity contribution is -0.119. The quantitative estimate of drug-likeness (QED) is 0.698. The van der Waals surface area contributed by atoms with Gasteiger partial charge in [-0.15, -0.1) is 0 Å². The third-order valence-corrected chi connectivity index (χ3v) is 3.85. The highest BCUT2D eigenvalue weighted by atomic mass is 16.5. The summed E-state index contributed by atoms with van der Waals surface area (Å²) in [5, 5.41) is 0. The molecule has 2 rings (SSSR count). The number of carbonyl (C=O) groups is 1. The Bertz CT molecular complexity index is 572. The minimum Gasteiger partial charge on any atom is -0.489 e. The van der Waals surface area contributed by atoms with Gasteiger partial charge in [-0.3, -0.25) is 4.79 Å². The second-order valence-corrected chi connectivity index (χ2v) is 5.85. The molecule has 0 amide bonds. The van der Waals surface area contributed by atoms with Gasteiger partial charge in [0, 0.05) is 12.8 Å². The Labute approximate surface area is 133 Å². The number of ether oxygens (including phenoxy) is 1. The molecule has 0 aliphatic carbocycles. The molecule has 0 aliphatic heterocycles. The largest absolute Gasteiger partial charge is 0.489 e. The van der Waals surface area contributed by atoms with Gasteiger partial charge in [0.2, 0.25) is 0 Å². The highest BCUT2D eigenvalue weighted by molar-refractivity contribution is 5.81. The molecule has 0 aliphatic rings. The lowest BCUT2D eigenvalue weighted by atomic mass is 9.98. The summed E-state index contributed by atoms with van der Waals surface area (Å²) >= 11 is 0. The second kappa shape index (κ2) is 8.38. The maximum absolute atomic E-state index is 11.9. The van der Waals surface area contributed by atoms with Crippen LogP contribution < -0.4 is 4.74 Å². The van der Waals surface area contributed by atoms with Crippen molar-refractivity contribution >= 4 is 5.78 Å². The van der Waals surface area contributed by atoms with E-state index in [9.17, 15) is 4.79 Å². The Morgan fingerprint density at radius 3 is 2.32 bits per heavy atom. The van der Waals surface area contributed by atoms with Crippen LogP contribution in [-0.2, 0) is 17.8 Å². The van der Waals surface area contributed by atoms with E-state index in [1.807, 2.05) is 54.6 Å². The molecule has 2 nitrogen and oxygen atoms in total. The summed E-state index contributed by atoms with van der Waals surface area (Å²) in [5.41, 5.74) is 2.20. The Hall–Kier alpha value is -2.09. The van der Waals surface area contributed by atoms with Crippen molar-refractivity contribution in [3.05, 3.63) is 65.7 Å². The average molecular weight is 296 g/mol. The standard InChI is InChI=1S/C20H24O2/c1-3-16(2)13-19(21)14-17-9-11-20(12-10-17)22-15-18-7-5-4-6-8-18/h4-12,16H,3,13-15H2,1-2H3. The topological polar surface area (TPSA) is 26.3 Å². The van der Waals surface area contributed by atoms with Crippen LogP contribution in [0.3, 0.4) is 0 Å². The molecule has 0 saturated carbocycles. The van der Waals surface area contributed by atoms with Gasteiger partial charge < -0.3 is 4.74 Å². The van der Waals surface area contributed by atoms with E-state index in [-0.39, 0.29) is 0 Å². The first-order valence-electron chi connectivity index (χ1n) is 7.94. The lowest BCUT2D eigenvalue weighted by Crippen LogP contribution is -2.07. The van der Waals surface area contributed by atoms with Gasteiger partial charge in [0.05, 0.1) is 0 Å². The van der Waals surface area contributed by atoms with Crippen LogP contribution in [-0.4, -0.2) is 5.78 Å². The Balaban J connectivity index is 1.83. The summed E-state index contributed by atoms with van der Waals surface area (Å²) in [6, 6.07) is 17.9. The van der Waals surface area contributed by atoms with Gasteiger partial charge in [0.25, 0.3) is 0 Å². The molecule has 0 heterocycles. The van der Waals surface area contributed by atoms with Crippen LogP contribution >= 0.6 is 0 Å². The van der Waals surface area contributed by atoms with Crippen LogP contribution in [0.2, 0.25) is 0 Å². The SMILES string of the molecule is CCC(C)CC(=O)Cc1ccc(OCc2ccccc2)cc1. The summed E-state index contributed by atoms with van der Waals surface area (Å²) in [6.07, 6.45) is 2.24. The van der Waals surface area contributed by atoms with Crippen LogP contribution in [0.15, 0.2) is 54.6 Å². The Morgan fingerprint density at radius 2 is 1.68 bits per heavy atom. The minimum absolute atomic E-state index is 0.312. The van der Waals surface area contributed by atoms with Gasteiger partial charge in [-0.25, -0.2) is 0 Å². The molecule has 0 bridgehead atoms. The molecule has 0 spiro atoms. The molecule has 0 aromatic heterocycles. The van der Waals surface area contributed by atoms with Gasteiger partial charge in [-0.05, 0) is 29.2 Å². The summed E-state index contributed by atoms with van der Waals surface area (Å²) < 4.78 is 5.75. The first-order chi connectivity index (χ1) is 10.7. The maximum Gasteiger partial charge on any atom is 0.137 e. The van der Waals surface area contributed by atoms with Crippen molar-refractivity contribution in [2.45, 2.75) is 39.7 Å². The molecule has 2 aromatic carbocycles. The highest BCUT2D eigenvalue weighted by Crippen LogP contribution is 2.16. The maximum atomic E-state index is 11.9. The molecule has 0 radical (unpaired) electrons. The van der Waals surface area contributed by atoms with E-state index in [1.54, 1.807) is 0 Å². The van der Waals surface area contributed by atoms with Crippen molar-refractivity contribution in [3.8, 4) is 5.75 Å². The highest BCUT2D eigenvalue weighted by Gasteiger charge is 2.08. The van der Waals surface area contributed by atoms with E-state index in [0.29, 0.717) is 31.1 Å². The third kappa shape index (κ3) is 5.36. The van der Waals surface area contributed by atoms with Crippen molar-refractivity contribution in [1.29, 1.82) is 0 Å². The predicted molar refractivity (Wildman–Crippen MR) is 90.0 cm³/mol. The van der Waals surface area contributed by atoms with Crippen molar-refractivity contribution in [3.63, 3.8) is 0 Å². The number of rotatable bonds is 8. The van der Waals surface area contributed by atoms with Gasteiger partial charge in [0.1, 0.15) is 18.1 Å². The normalized spacial score (nSPS) is 11.9. The van der Waals surface area contributed by atoms with Gasteiger partial charge in [0.15, 0.2) is 0 Å². The fourth-order valence-electron chi connectivity index (χ4n) is 2.28. The van der Waals surface area contributed by atoms with Crippen molar-refractivity contribution in [1.82, 2.24) is 0 Å².